The molecule has 0 aliphatic heterocycles. The highest BCUT2D eigenvalue weighted by Gasteiger charge is 2.16. The molecule has 0 atom stereocenters. The van der Waals surface area contributed by atoms with E-state index in [1.165, 1.54) is 6.07 Å². The number of carbonyl (C=O) groups is 1. The monoisotopic (exact) mass is 302 g/mol. The molecule has 0 bridgehead atoms. The van der Waals surface area contributed by atoms with E-state index in [4.69, 9.17) is 28.3 Å². The van der Waals surface area contributed by atoms with Crippen molar-refractivity contribution in [3.8, 4) is 11.1 Å². The number of benzene rings is 2. The predicted octanol–water partition coefficient (Wildman–Crippen LogP) is 4.64. The molecule has 0 saturated heterocycles. The lowest BCUT2D eigenvalue weighted by atomic mass is 10.0. The van der Waals surface area contributed by atoms with Gasteiger partial charge in [0, 0.05) is 16.1 Å². The van der Waals surface area contributed by atoms with Crippen LogP contribution >= 0.6 is 23.2 Å². The van der Waals surface area contributed by atoms with Crippen molar-refractivity contribution in [3.05, 3.63) is 57.6 Å². The van der Waals surface area contributed by atoms with Gasteiger partial charge in [-0.1, -0.05) is 23.2 Å². The zero-order valence-electron chi connectivity index (χ0n) is 9.25. The largest absolute Gasteiger partial charge is 0.478 e. The third-order valence-corrected chi connectivity index (χ3v) is 3.13. The highest BCUT2D eigenvalue weighted by atomic mass is 35.5. The molecular weight excluding hydrogens is 297 g/mol. The average molecular weight is 303 g/mol. The minimum Gasteiger partial charge on any atom is -0.478 e. The molecular formula is C13H6Cl2F2O2. The Balaban J connectivity index is 2.63. The Morgan fingerprint density at radius 2 is 1.63 bits per heavy atom. The van der Waals surface area contributed by atoms with Gasteiger partial charge in [0.25, 0.3) is 0 Å². The fourth-order valence-corrected chi connectivity index (χ4v) is 2.16. The molecule has 0 spiro atoms. The molecule has 0 heterocycles. The number of halogens is 4. The number of hydrogen-bond donors (Lipinski definition) is 1. The van der Waals surface area contributed by atoms with Crippen LogP contribution in [0.15, 0.2) is 30.3 Å². The predicted molar refractivity (Wildman–Crippen MR) is 68.8 cm³/mol. The summed E-state index contributed by atoms with van der Waals surface area (Å²) in [6.45, 7) is 0. The second kappa shape index (κ2) is 5.15. The molecule has 0 saturated carbocycles. The summed E-state index contributed by atoms with van der Waals surface area (Å²) >= 11 is 11.8. The molecule has 19 heavy (non-hydrogen) atoms. The van der Waals surface area contributed by atoms with E-state index in [0.29, 0.717) is 5.56 Å². The van der Waals surface area contributed by atoms with Crippen molar-refractivity contribution in [1.82, 2.24) is 0 Å². The van der Waals surface area contributed by atoms with Crippen LogP contribution in [0.1, 0.15) is 10.4 Å². The van der Waals surface area contributed by atoms with Crippen molar-refractivity contribution in [3.63, 3.8) is 0 Å². The Hall–Kier alpha value is -1.65. The van der Waals surface area contributed by atoms with E-state index in [2.05, 4.69) is 0 Å². The lowest BCUT2D eigenvalue weighted by Crippen LogP contribution is -2.01. The summed E-state index contributed by atoms with van der Waals surface area (Å²) in [5.74, 6) is -2.89. The van der Waals surface area contributed by atoms with E-state index >= 15 is 0 Å². The van der Waals surface area contributed by atoms with Gasteiger partial charge in [-0.05, 0) is 30.3 Å². The Morgan fingerprint density at radius 3 is 2.21 bits per heavy atom. The van der Waals surface area contributed by atoms with Gasteiger partial charge in [-0.25, -0.2) is 13.6 Å². The standard InChI is InChI=1S/C13H6Cl2F2O2/c14-10-3-6(16)1-2-7(10)8-5-12(17)9(13(18)19)4-11(8)15/h1-5H,(H,18,19). The lowest BCUT2D eigenvalue weighted by Gasteiger charge is -2.09. The second-order valence-electron chi connectivity index (χ2n) is 3.74. The number of carboxylic acids is 1. The van der Waals surface area contributed by atoms with E-state index in [0.717, 1.165) is 24.3 Å². The van der Waals surface area contributed by atoms with E-state index in [-0.39, 0.29) is 15.6 Å². The SMILES string of the molecule is O=C(O)c1cc(Cl)c(-c2ccc(F)cc2Cl)cc1F. The van der Waals surface area contributed by atoms with Gasteiger partial charge in [0.05, 0.1) is 10.6 Å². The Morgan fingerprint density at radius 1 is 1.00 bits per heavy atom. The molecule has 98 valence electrons. The first-order valence-electron chi connectivity index (χ1n) is 5.08. The van der Waals surface area contributed by atoms with Crippen LogP contribution in [0.5, 0.6) is 0 Å². The van der Waals surface area contributed by atoms with Crippen molar-refractivity contribution in [1.29, 1.82) is 0 Å². The number of carboxylic acid groups (broad SMARTS) is 1. The Bertz CT molecular complexity index is 672. The number of hydrogen-bond acceptors (Lipinski definition) is 1. The zero-order chi connectivity index (χ0) is 14.2. The fourth-order valence-electron chi connectivity index (χ4n) is 1.63. The van der Waals surface area contributed by atoms with Gasteiger partial charge in [0.15, 0.2) is 0 Å². The van der Waals surface area contributed by atoms with Gasteiger partial charge >= 0.3 is 5.97 Å². The Kier molecular flexibility index (Phi) is 3.73. The highest BCUT2D eigenvalue weighted by Crippen LogP contribution is 2.35. The molecule has 0 aliphatic rings. The first-order valence-corrected chi connectivity index (χ1v) is 5.83. The normalized spacial score (nSPS) is 10.5. The van der Waals surface area contributed by atoms with Crippen molar-refractivity contribution in [2.45, 2.75) is 0 Å². The van der Waals surface area contributed by atoms with Gasteiger partial charge in [0.2, 0.25) is 0 Å². The molecule has 0 fully saturated rings. The molecule has 0 aromatic heterocycles. The summed E-state index contributed by atoms with van der Waals surface area (Å²) in [6.07, 6.45) is 0. The van der Waals surface area contributed by atoms with Gasteiger partial charge in [0.1, 0.15) is 11.6 Å². The summed E-state index contributed by atoms with van der Waals surface area (Å²) in [7, 11) is 0. The van der Waals surface area contributed by atoms with Crippen LogP contribution in [0.3, 0.4) is 0 Å². The van der Waals surface area contributed by atoms with Gasteiger partial charge in [-0.15, -0.1) is 0 Å². The van der Waals surface area contributed by atoms with Crippen molar-refractivity contribution >= 4 is 29.2 Å². The minimum absolute atomic E-state index is 0.0207. The third kappa shape index (κ3) is 2.69. The maximum absolute atomic E-state index is 13.6. The van der Waals surface area contributed by atoms with Gasteiger partial charge in [-0.2, -0.15) is 0 Å². The molecule has 0 amide bonds. The van der Waals surface area contributed by atoms with E-state index in [9.17, 15) is 13.6 Å². The van der Waals surface area contributed by atoms with E-state index in [1.54, 1.807) is 0 Å². The molecule has 2 aromatic rings. The highest BCUT2D eigenvalue weighted by molar-refractivity contribution is 6.36. The van der Waals surface area contributed by atoms with Crippen molar-refractivity contribution in [2.75, 3.05) is 0 Å². The summed E-state index contributed by atoms with van der Waals surface area (Å²) in [5, 5.41) is 8.85. The van der Waals surface area contributed by atoms with Crippen molar-refractivity contribution < 1.29 is 18.7 Å². The van der Waals surface area contributed by atoms with Crippen molar-refractivity contribution in [2.24, 2.45) is 0 Å². The smallest absolute Gasteiger partial charge is 0.338 e. The topological polar surface area (TPSA) is 37.3 Å². The minimum atomic E-state index is -1.42. The molecule has 0 unspecified atom stereocenters. The van der Waals surface area contributed by atoms with Crippen LogP contribution in [0.2, 0.25) is 10.0 Å². The molecule has 2 nitrogen and oxygen atoms in total. The quantitative estimate of drug-likeness (QED) is 0.877. The maximum Gasteiger partial charge on any atom is 0.338 e. The molecule has 6 heteroatoms. The maximum atomic E-state index is 13.6. The molecule has 0 radical (unpaired) electrons. The molecule has 0 aliphatic carbocycles. The average Bonchev–Trinajstić information content (AvgIpc) is 2.32. The summed E-state index contributed by atoms with van der Waals surface area (Å²) in [6, 6.07) is 5.52. The van der Waals surface area contributed by atoms with Crippen LogP contribution in [-0.4, -0.2) is 11.1 Å². The molecule has 2 aromatic carbocycles. The van der Waals surface area contributed by atoms with E-state index in [1.807, 2.05) is 0 Å². The van der Waals surface area contributed by atoms with Gasteiger partial charge in [-0.3, -0.25) is 0 Å². The van der Waals surface area contributed by atoms with Gasteiger partial charge < -0.3 is 5.11 Å². The second-order valence-corrected chi connectivity index (χ2v) is 4.56. The molecule has 2 rings (SSSR count). The van der Waals surface area contributed by atoms with Crippen LogP contribution in [0.4, 0.5) is 8.78 Å². The van der Waals surface area contributed by atoms with Crippen LogP contribution in [-0.2, 0) is 0 Å². The Labute approximate surface area is 117 Å². The van der Waals surface area contributed by atoms with Crippen LogP contribution < -0.4 is 0 Å². The summed E-state index contributed by atoms with van der Waals surface area (Å²) in [4.78, 5) is 10.8. The number of rotatable bonds is 2. The third-order valence-electron chi connectivity index (χ3n) is 2.51. The fraction of sp³-hybridized carbons (Fsp3) is 0. The first kappa shape index (κ1) is 13.8. The number of aromatic carboxylic acids is 1. The summed E-state index contributed by atoms with van der Waals surface area (Å²) in [5.41, 5.74) is -0.00921. The zero-order valence-corrected chi connectivity index (χ0v) is 10.8. The van der Waals surface area contributed by atoms with E-state index < -0.39 is 23.2 Å². The molecule has 1 N–H and O–H groups in total. The lowest BCUT2D eigenvalue weighted by molar-refractivity contribution is 0.0692. The first-order chi connectivity index (χ1) is 8.90. The van der Waals surface area contributed by atoms with Crippen LogP contribution in [0, 0.1) is 11.6 Å². The van der Waals surface area contributed by atoms with Crippen LogP contribution in [0.25, 0.3) is 11.1 Å². The summed E-state index contributed by atoms with van der Waals surface area (Å²) < 4.78 is 26.6.